The van der Waals surface area contributed by atoms with Crippen LogP contribution in [0.3, 0.4) is 0 Å². The van der Waals surface area contributed by atoms with Crippen molar-refractivity contribution in [2.45, 2.75) is 90.0 Å². The molecule has 1 unspecified atom stereocenters. The maximum Gasteiger partial charge on any atom is 0.473 e. The van der Waals surface area contributed by atoms with Crippen LogP contribution in [-0.4, -0.2) is 110 Å². The van der Waals surface area contributed by atoms with Gasteiger partial charge in [0.15, 0.2) is 5.60 Å². The number of carbonyl (C=O) groups is 3. The Hall–Kier alpha value is -3.38. The largest absolute Gasteiger partial charge is 0.481 e. The van der Waals surface area contributed by atoms with Crippen LogP contribution < -0.4 is 0 Å². The predicted octanol–water partition coefficient (Wildman–Crippen LogP) is 6.72. The third-order valence-corrected chi connectivity index (χ3v) is 5.79. The van der Waals surface area contributed by atoms with E-state index in [4.69, 9.17) is 10.2 Å². The molecule has 0 saturated carbocycles. The topological polar surface area (TPSA) is 121 Å². The van der Waals surface area contributed by atoms with Crippen LogP contribution in [0.15, 0.2) is 0 Å². The molecule has 7 nitrogen and oxygen atoms in total. The number of aliphatic carboxylic acids is 2. The van der Waals surface area contributed by atoms with Crippen molar-refractivity contribution in [2.75, 3.05) is 0 Å². The molecule has 32 heteroatoms. The van der Waals surface area contributed by atoms with Gasteiger partial charge in [-0.1, -0.05) is 0 Å². The van der Waals surface area contributed by atoms with E-state index in [0.29, 0.717) is 0 Å². The van der Waals surface area contributed by atoms with Gasteiger partial charge in [0.2, 0.25) is 0 Å². The molecule has 0 bridgehead atoms. The van der Waals surface area contributed by atoms with E-state index >= 15 is 0 Å². The van der Waals surface area contributed by atoms with E-state index in [-0.39, 0.29) is 0 Å². The van der Waals surface area contributed by atoms with E-state index in [1.54, 1.807) is 0 Å². The molecule has 3 N–H and O–H groups in total. The molecule has 0 aromatic rings. The molecule has 0 heterocycles. The Morgan fingerprint density at radius 1 is 0.400 bits per heavy atom. The molecule has 296 valence electrons. The van der Waals surface area contributed by atoms with E-state index in [2.05, 4.69) is 4.74 Å². The van der Waals surface area contributed by atoms with Crippen molar-refractivity contribution in [3.05, 3.63) is 0 Å². The van der Waals surface area contributed by atoms with Crippen molar-refractivity contribution in [1.29, 1.82) is 0 Å². The SMILES string of the molecule is O=C(O)CC(O)(CC(=O)OC(F)(F)C(F)(F)C(F)(F)C(F)(F)C(F)(F)C(F)(F)C(F)(F)C(F)(F)C(F)(F)C(F)(F)C(F)(F)C(F)(F)F)C(=O)O. The van der Waals surface area contributed by atoms with Gasteiger partial charge < -0.3 is 20.1 Å². The maximum absolute atomic E-state index is 13.9. The third-order valence-electron chi connectivity index (χ3n) is 5.79. The Morgan fingerprint density at radius 3 is 0.860 bits per heavy atom. The van der Waals surface area contributed by atoms with Gasteiger partial charge in [0.05, 0.1) is 12.8 Å². The third kappa shape index (κ3) is 6.24. The Kier molecular flexibility index (Phi) is 11.3. The summed E-state index contributed by atoms with van der Waals surface area (Å²) in [4.78, 5) is 32.6. The highest BCUT2D eigenvalue weighted by Crippen LogP contribution is 2.67. The fourth-order valence-corrected chi connectivity index (χ4v) is 2.88. The first-order valence-corrected chi connectivity index (χ1v) is 10.8. The average molecular weight is 810 g/mol. The smallest absolute Gasteiger partial charge is 0.473 e. The lowest BCUT2D eigenvalue weighted by Gasteiger charge is -2.45. The van der Waals surface area contributed by atoms with E-state index < -0.39 is 108 Å². The molecule has 0 spiro atoms. The highest BCUT2D eigenvalue weighted by molar-refractivity contribution is 5.88. The standard InChI is InChI=1S/C18H7F25O7/c19-7(20,9(23,24)11(27,28)13(31,32)15(35,36)17(39,40)41)8(21,22)10(25,26)12(29,30)14(33,34)16(37,38)18(42,43)50-4(46)2-6(49,5(47)48)1-3(44)45/h49H,1-2H2,(H,44,45)(H,47,48). The van der Waals surface area contributed by atoms with Crippen molar-refractivity contribution in [3.63, 3.8) is 0 Å². The normalized spacial score (nSPS) is 16.9. The van der Waals surface area contributed by atoms with Gasteiger partial charge in [0.1, 0.15) is 0 Å². The average Bonchev–Trinajstić information content (AvgIpc) is 2.85. The fraction of sp³-hybridized carbons (Fsp3) is 0.833. The van der Waals surface area contributed by atoms with Gasteiger partial charge >= 0.3 is 89.4 Å². The van der Waals surface area contributed by atoms with Crippen molar-refractivity contribution in [1.82, 2.24) is 0 Å². The van der Waals surface area contributed by atoms with Crippen LogP contribution >= 0.6 is 0 Å². The van der Waals surface area contributed by atoms with E-state index in [0.717, 1.165) is 0 Å². The van der Waals surface area contributed by atoms with Crippen LogP contribution in [0, 0.1) is 0 Å². The number of hydrogen-bond donors (Lipinski definition) is 3. The zero-order valence-corrected chi connectivity index (χ0v) is 21.8. The zero-order chi connectivity index (χ0) is 41.4. The van der Waals surface area contributed by atoms with Gasteiger partial charge in [-0.2, -0.15) is 110 Å². The number of hydrogen-bond acceptors (Lipinski definition) is 5. The molecule has 0 radical (unpaired) electrons. The van der Waals surface area contributed by atoms with Gasteiger partial charge in [-0.05, 0) is 0 Å². The fourth-order valence-electron chi connectivity index (χ4n) is 2.88. The molecule has 0 rings (SSSR count). The Labute approximate surface area is 253 Å². The lowest BCUT2D eigenvalue weighted by atomic mass is 9.85. The molecule has 0 fully saturated rings. The van der Waals surface area contributed by atoms with Gasteiger partial charge in [-0.3, -0.25) is 9.59 Å². The minimum Gasteiger partial charge on any atom is -0.481 e. The van der Waals surface area contributed by atoms with E-state index in [9.17, 15) is 129 Å². The number of ether oxygens (including phenoxy) is 1. The van der Waals surface area contributed by atoms with Gasteiger partial charge in [0, 0.05) is 0 Å². The maximum atomic E-state index is 13.9. The van der Waals surface area contributed by atoms with Crippen LogP contribution in [0.5, 0.6) is 0 Å². The number of alkyl halides is 25. The monoisotopic (exact) mass is 810 g/mol. The van der Waals surface area contributed by atoms with Crippen LogP contribution in [0.2, 0.25) is 0 Å². The Bertz CT molecular complexity index is 1320. The minimum atomic E-state index is -9.82. The molecular weight excluding hydrogens is 803 g/mol. The molecule has 0 amide bonds. The first-order valence-electron chi connectivity index (χ1n) is 10.8. The Morgan fingerprint density at radius 2 is 0.640 bits per heavy atom. The summed E-state index contributed by atoms with van der Waals surface area (Å²) in [6.45, 7) is 0. The number of aliphatic hydroxyl groups is 1. The summed E-state index contributed by atoms with van der Waals surface area (Å²) in [5.41, 5.74) is -4.28. The molecular formula is C18H7F25O7. The number of rotatable bonds is 16. The predicted molar refractivity (Wildman–Crippen MR) is 96.0 cm³/mol. The second-order valence-electron chi connectivity index (χ2n) is 9.32. The van der Waals surface area contributed by atoms with Crippen LogP contribution in [0.1, 0.15) is 12.8 Å². The molecule has 0 saturated heterocycles. The lowest BCUT2D eigenvalue weighted by molar-refractivity contribution is -0.487. The van der Waals surface area contributed by atoms with Crippen molar-refractivity contribution in [2.24, 2.45) is 0 Å². The molecule has 0 aromatic heterocycles. The van der Waals surface area contributed by atoms with Crippen LogP contribution in [0.4, 0.5) is 110 Å². The summed E-state index contributed by atoms with van der Waals surface area (Å²) in [5.74, 6) is -103. The molecule has 0 aliphatic heterocycles. The van der Waals surface area contributed by atoms with Gasteiger partial charge in [-0.25, -0.2) is 4.79 Å². The summed E-state index contributed by atoms with van der Waals surface area (Å²) in [6, 6.07) is 0. The summed E-state index contributed by atoms with van der Waals surface area (Å²) in [7, 11) is 0. The van der Waals surface area contributed by atoms with E-state index in [1.165, 1.54) is 0 Å². The highest BCUT2D eigenvalue weighted by atomic mass is 19.4. The second kappa shape index (κ2) is 12.1. The number of carboxylic acids is 2. The van der Waals surface area contributed by atoms with Crippen LogP contribution in [-0.2, 0) is 19.1 Å². The first-order chi connectivity index (χ1) is 21.2. The minimum absolute atomic E-state index is 2.08. The highest BCUT2D eigenvalue weighted by Gasteiger charge is 3.00. The molecule has 0 aliphatic carbocycles. The molecule has 50 heavy (non-hydrogen) atoms. The van der Waals surface area contributed by atoms with Gasteiger partial charge in [0.25, 0.3) is 0 Å². The molecule has 0 aliphatic rings. The van der Waals surface area contributed by atoms with Crippen molar-refractivity contribution >= 4 is 17.9 Å². The lowest BCUT2D eigenvalue weighted by Crippen LogP contribution is -2.78. The van der Waals surface area contributed by atoms with Gasteiger partial charge in [-0.15, -0.1) is 0 Å². The Balaban J connectivity index is 7.20. The molecule has 1 atom stereocenters. The first kappa shape index (κ1) is 46.6. The second-order valence-corrected chi connectivity index (χ2v) is 9.32. The van der Waals surface area contributed by atoms with Crippen molar-refractivity contribution in [3.8, 4) is 0 Å². The number of carbonyl (C=O) groups excluding carboxylic acids is 1. The summed E-state index contributed by atoms with van der Waals surface area (Å²) >= 11 is 0. The van der Waals surface area contributed by atoms with Crippen molar-refractivity contribution < 1.29 is 144 Å². The summed E-state index contributed by atoms with van der Waals surface area (Å²) in [5, 5.41) is 26.3. The molecule has 0 aromatic carbocycles. The number of halogens is 25. The summed E-state index contributed by atoms with van der Waals surface area (Å²) in [6.07, 6.45) is -21.5. The van der Waals surface area contributed by atoms with Crippen LogP contribution in [0.25, 0.3) is 0 Å². The quantitative estimate of drug-likeness (QED) is 0.117. The number of carboxylic acid groups (broad SMARTS) is 2. The van der Waals surface area contributed by atoms with E-state index in [1.807, 2.05) is 0 Å². The number of esters is 1. The zero-order valence-electron chi connectivity index (χ0n) is 21.8. The summed E-state index contributed by atoms with van der Waals surface area (Å²) < 4.78 is 337.